The van der Waals surface area contributed by atoms with Crippen LogP contribution in [0.25, 0.3) is 0 Å². The predicted molar refractivity (Wildman–Crippen MR) is 72.3 cm³/mol. The molecule has 0 spiro atoms. The molecule has 0 atom stereocenters. The van der Waals surface area contributed by atoms with Crippen LogP contribution in [0.4, 0.5) is 11.5 Å². The number of rotatable bonds is 4. The van der Waals surface area contributed by atoms with Crippen LogP contribution >= 0.6 is 0 Å². The van der Waals surface area contributed by atoms with Crippen LogP contribution in [-0.2, 0) is 0 Å². The van der Waals surface area contributed by atoms with Crippen LogP contribution in [-0.4, -0.2) is 23.1 Å². The molecule has 0 aliphatic rings. The Morgan fingerprint density at radius 3 is 2.74 bits per heavy atom. The molecule has 0 aliphatic heterocycles. The lowest BCUT2D eigenvalue weighted by atomic mass is 10.1. The molecule has 1 amide bonds. The molecule has 2 heterocycles. The summed E-state index contributed by atoms with van der Waals surface area (Å²) >= 11 is 0. The SMILES string of the molecule is CNc1cc(C(=O)Nc2cnoc2)cc(C(C)C)n1. The molecule has 0 aromatic carbocycles. The molecular weight excluding hydrogens is 244 g/mol. The molecule has 0 unspecified atom stereocenters. The van der Waals surface area contributed by atoms with Gasteiger partial charge >= 0.3 is 0 Å². The molecule has 2 aromatic heterocycles. The quantitative estimate of drug-likeness (QED) is 0.882. The first kappa shape index (κ1) is 13.1. The van der Waals surface area contributed by atoms with E-state index in [-0.39, 0.29) is 11.8 Å². The van der Waals surface area contributed by atoms with E-state index in [2.05, 4.69) is 25.3 Å². The van der Waals surface area contributed by atoms with Crippen molar-refractivity contribution in [3.8, 4) is 0 Å². The highest BCUT2D eigenvalue weighted by Crippen LogP contribution is 2.18. The van der Waals surface area contributed by atoms with Crippen LogP contribution in [0, 0.1) is 0 Å². The second kappa shape index (κ2) is 5.51. The molecule has 2 rings (SSSR count). The molecule has 100 valence electrons. The van der Waals surface area contributed by atoms with Crippen molar-refractivity contribution in [2.24, 2.45) is 0 Å². The number of hydrogen-bond donors (Lipinski definition) is 2. The summed E-state index contributed by atoms with van der Waals surface area (Å²) in [5.41, 5.74) is 1.94. The van der Waals surface area contributed by atoms with Gasteiger partial charge in [-0.15, -0.1) is 0 Å². The first-order chi connectivity index (χ1) is 9.10. The van der Waals surface area contributed by atoms with Gasteiger partial charge in [-0.1, -0.05) is 19.0 Å². The van der Waals surface area contributed by atoms with Crippen molar-refractivity contribution in [1.82, 2.24) is 10.1 Å². The second-order valence-corrected chi connectivity index (χ2v) is 4.44. The molecule has 6 heteroatoms. The minimum Gasteiger partial charge on any atom is -0.373 e. The Kier molecular flexibility index (Phi) is 3.79. The first-order valence-electron chi connectivity index (χ1n) is 6.00. The van der Waals surface area contributed by atoms with E-state index in [1.165, 1.54) is 12.5 Å². The zero-order valence-corrected chi connectivity index (χ0v) is 11.1. The van der Waals surface area contributed by atoms with Gasteiger partial charge in [0.05, 0.1) is 6.20 Å². The van der Waals surface area contributed by atoms with Gasteiger partial charge in [0.2, 0.25) is 0 Å². The highest BCUT2D eigenvalue weighted by atomic mass is 16.5. The average Bonchev–Trinajstić information content (AvgIpc) is 2.90. The average molecular weight is 260 g/mol. The molecule has 0 bridgehead atoms. The van der Waals surface area contributed by atoms with Crippen LogP contribution in [0.2, 0.25) is 0 Å². The number of nitrogens with one attached hydrogen (secondary N) is 2. The minimum absolute atomic E-state index is 0.219. The van der Waals surface area contributed by atoms with Crippen LogP contribution in [0.1, 0.15) is 35.8 Å². The normalized spacial score (nSPS) is 10.5. The van der Waals surface area contributed by atoms with E-state index < -0.39 is 0 Å². The summed E-state index contributed by atoms with van der Waals surface area (Å²) < 4.78 is 4.67. The highest BCUT2D eigenvalue weighted by Gasteiger charge is 2.12. The Hall–Kier alpha value is -2.37. The number of nitrogens with zero attached hydrogens (tertiary/aromatic N) is 2. The van der Waals surface area contributed by atoms with Gasteiger partial charge in [-0.2, -0.15) is 0 Å². The molecule has 19 heavy (non-hydrogen) atoms. The van der Waals surface area contributed by atoms with Crippen molar-refractivity contribution in [2.75, 3.05) is 17.7 Å². The fourth-order valence-corrected chi connectivity index (χ4v) is 1.58. The van der Waals surface area contributed by atoms with E-state index in [1.54, 1.807) is 19.2 Å². The molecule has 0 saturated heterocycles. The maximum absolute atomic E-state index is 12.1. The van der Waals surface area contributed by atoms with Gasteiger partial charge < -0.3 is 15.2 Å². The molecule has 0 saturated carbocycles. The topological polar surface area (TPSA) is 80.0 Å². The fraction of sp³-hybridized carbons (Fsp3) is 0.308. The molecule has 0 fully saturated rings. The Morgan fingerprint density at radius 2 is 2.16 bits per heavy atom. The van der Waals surface area contributed by atoms with E-state index in [9.17, 15) is 4.79 Å². The maximum atomic E-state index is 12.1. The molecule has 2 N–H and O–H groups in total. The Labute approximate surface area is 111 Å². The lowest BCUT2D eigenvalue weighted by Gasteiger charge is -2.10. The number of anilines is 2. The van der Waals surface area contributed by atoms with Gasteiger partial charge in [-0.25, -0.2) is 4.98 Å². The van der Waals surface area contributed by atoms with Crippen molar-refractivity contribution in [1.29, 1.82) is 0 Å². The number of aromatic nitrogens is 2. The molecule has 0 radical (unpaired) electrons. The monoisotopic (exact) mass is 260 g/mol. The summed E-state index contributed by atoms with van der Waals surface area (Å²) in [5.74, 6) is 0.695. The van der Waals surface area contributed by atoms with Crippen LogP contribution in [0.3, 0.4) is 0 Å². The van der Waals surface area contributed by atoms with Crippen LogP contribution in [0.15, 0.2) is 29.1 Å². The minimum atomic E-state index is -0.219. The number of amides is 1. The number of hydrogen-bond acceptors (Lipinski definition) is 5. The summed E-state index contributed by atoms with van der Waals surface area (Å²) in [6, 6.07) is 3.49. The number of carbonyl (C=O) groups is 1. The predicted octanol–water partition coefficient (Wildman–Crippen LogP) is 2.49. The molecule has 6 nitrogen and oxygen atoms in total. The lowest BCUT2D eigenvalue weighted by molar-refractivity contribution is 0.102. The molecular formula is C13H16N4O2. The number of carbonyl (C=O) groups excluding carboxylic acids is 1. The van der Waals surface area contributed by atoms with Crippen LogP contribution < -0.4 is 10.6 Å². The van der Waals surface area contributed by atoms with Crippen molar-refractivity contribution < 1.29 is 9.32 Å². The standard InChI is InChI=1S/C13H16N4O2/c1-8(2)11-4-9(5-12(14-3)17-11)13(18)16-10-6-15-19-7-10/h4-8H,1-3H3,(H,14,17)(H,16,18). The third-order valence-electron chi connectivity index (χ3n) is 2.65. The van der Waals surface area contributed by atoms with Gasteiger partial charge in [0.25, 0.3) is 5.91 Å². The Bertz CT molecular complexity index is 564. The van der Waals surface area contributed by atoms with Gasteiger partial charge in [-0.3, -0.25) is 4.79 Å². The van der Waals surface area contributed by atoms with E-state index in [0.29, 0.717) is 17.1 Å². The van der Waals surface area contributed by atoms with E-state index >= 15 is 0 Å². The maximum Gasteiger partial charge on any atom is 0.255 e. The third kappa shape index (κ3) is 3.09. The Morgan fingerprint density at radius 1 is 1.37 bits per heavy atom. The zero-order valence-electron chi connectivity index (χ0n) is 11.1. The third-order valence-corrected chi connectivity index (χ3v) is 2.65. The van der Waals surface area contributed by atoms with E-state index in [0.717, 1.165) is 5.69 Å². The van der Waals surface area contributed by atoms with Gasteiger partial charge in [0, 0.05) is 18.3 Å². The summed E-state index contributed by atoms with van der Waals surface area (Å²) in [6.07, 6.45) is 2.82. The number of pyridine rings is 1. The largest absolute Gasteiger partial charge is 0.373 e. The molecule has 0 aliphatic carbocycles. The summed E-state index contributed by atoms with van der Waals surface area (Å²) in [6.45, 7) is 4.06. The van der Waals surface area contributed by atoms with E-state index in [4.69, 9.17) is 0 Å². The van der Waals surface area contributed by atoms with Crippen molar-refractivity contribution in [3.05, 3.63) is 35.9 Å². The second-order valence-electron chi connectivity index (χ2n) is 4.44. The lowest BCUT2D eigenvalue weighted by Crippen LogP contribution is -2.13. The van der Waals surface area contributed by atoms with Crippen LogP contribution in [0.5, 0.6) is 0 Å². The highest BCUT2D eigenvalue weighted by molar-refractivity contribution is 6.04. The zero-order chi connectivity index (χ0) is 13.8. The van der Waals surface area contributed by atoms with Gasteiger partial charge in [-0.05, 0) is 18.1 Å². The Balaban J connectivity index is 2.27. The fourth-order valence-electron chi connectivity index (χ4n) is 1.58. The summed E-state index contributed by atoms with van der Waals surface area (Å²) in [4.78, 5) is 16.5. The smallest absolute Gasteiger partial charge is 0.255 e. The van der Waals surface area contributed by atoms with Crippen molar-refractivity contribution in [3.63, 3.8) is 0 Å². The first-order valence-corrected chi connectivity index (χ1v) is 6.00. The summed E-state index contributed by atoms with van der Waals surface area (Å²) in [7, 11) is 1.77. The molecule has 2 aromatic rings. The van der Waals surface area contributed by atoms with E-state index in [1.807, 2.05) is 13.8 Å². The van der Waals surface area contributed by atoms with Crippen molar-refractivity contribution in [2.45, 2.75) is 19.8 Å². The summed E-state index contributed by atoms with van der Waals surface area (Å²) in [5, 5.41) is 9.19. The van der Waals surface area contributed by atoms with Crippen molar-refractivity contribution >= 4 is 17.4 Å². The van der Waals surface area contributed by atoms with Gasteiger partial charge in [0.1, 0.15) is 17.8 Å². The van der Waals surface area contributed by atoms with Gasteiger partial charge in [0.15, 0.2) is 0 Å².